The summed E-state index contributed by atoms with van der Waals surface area (Å²) in [7, 11) is 13.2. The van der Waals surface area contributed by atoms with Crippen molar-refractivity contribution in [3.05, 3.63) is 118 Å². The molecule has 0 saturated heterocycles. The average Bonchev–Trinajstić information content (AvgIpc) is 3.37. The van der Waals surface area contributed by atoms with E-state index in [4.69, 9.17) is 0 Å². The highest BCUT2D eigenvalue weighted by molar-refractivity contribution is 5.82. The fraction of sp³-hybridized carbons (Fsp3) is 0.510. The molecule has 5 rings (SSSR count). The molecule has 8 heteroatoms. The topological polar surface area (TPSA) is 0 Å². The normalized spacial score (nSPS) is 15.6. The standard InChI is InChI=1S/C49H64F6N2/c1-35-17-27-41-42-28-26-40(34-44(42)47(43(41)33-35,29-13-11-15-31-56(5,6)7)30-14-12-16-32-57(8,9)10)46(4,49(53,54)55)39-24-20-37(21-25-39)36-18-22-38(23-19-36)45(2,3)48(50,51)52/h17-28,33-34H,11-16,29-32H2,1-10H3/q+2. The van der Waals surface area contributed by atoms with E-state index in [9.17, 15) is 13.2 Å². The molecule has 0 aliphatic heterocycles. The molecule has 4 aromatic rings. The molecule has 1 aliphatic carbocycles. The van der Waals surface area contributed by atoms with Gasteiger partial charge in [0.2, 0.25) is 0 Å². The molecule has 310 valence electrons. The SMILES string of the molecule is Cc1ccc2c(c1)C(CCCCC[N+](C)(C)C)(CCCCC[N+](C)(C)C)c1cc(C(C)(c3ccc(-c4ccc(C(C)(C)C(F)(F)F)cc4)cc3)C(F)(F)F)ccc1-2. The van der Waals surface area contributed by atoms with Crippen LogP contribution in [0.5, 0.6) is 0 Å². The van der Waals surface area contributed by atoms with Crippen molar-refractivity contribution >= 4 is 0 Å². The molecule has 0 radical (unpaired) electrons. The number of alkyl halides is 6. The van der Waals surface area contributed by atoms with Gasteiger partial charge in [-0.25, -0.2) is 0 Å². The molecule has 0 aromatic heterocycles. The lowest BCUT2D eigenvalue weighted by Crippen LogP contribution is -2.41. The van der Waals surface area contributed by atoms with Crippen molar-refractivity contribution in [2.45, 2.75) is 108 Å². The maximum absolute atomic E-state index is 15.7. The highest BCUT2D eigenvalue weighted by Gasteiger charge is 2.54. The van der Waals surface area contributed by atoms with E-state index < -0.39 is 28.6 Å². The van der Waals surface area contributed by atoms with Gasteiger partial charge in [0, 0.05) is 5.41 Å². The van der Waals surface area contributed by atoms with Crippen LogP contribution in [0.1, 0.15) is 106 Å². The molecular weight excluding hydrogens is 731 g/mol. The maximum Gasteiger partial charge on any atom is 0.402 e. The molecule has 1 atom stereocenters. The number of aryl methyl sites for hydroxylation is 1. The molecule has 1 unspecified atom stereocenters. The highest BCUT2D eigenvalue weighted by atomic mass is 19.4. The van der Waals surface area contributed by atoms with Crippen LogP contribution in [-0.4, -0.2) is 76.7 Å². The zero-order valence-corrected chi connectivity index (χ0v) is 35.8. The van der Waals surface area contributed by atoms with Gasteiger partial charge in [0.25, 0.3) is 0 Å². The first-order valence-electron chi connectivity index (χ1n) is 20.5. The first-order chi connectivity index (χ1) is 26.3. The number of nitrogens with zero attached hydrogens (tertiary/aromatic N) is 2. The van der Waals surface area contributed by atoms with Crippen LogP contribution < -0.4 is 0 Å². The van der Waals surface area contributed by atoms with Gasteiger partial charge in [0.1, 0.15) is 5.41 Å². The van der Waals surface area contributed by atoms with Gasteiger partial charge < -0.3 is 8.97 Å². The summed E-state index contributed by atoms with van der Waals surface area (Å²) in [5, 5.41) is 0. The molecule has 0 N–H and O–H groups in total. The highest BCUT2D eigenvalue weighted by Crippen LogP contribution is 2.56. The monoisotopic (exact) mass is 794 g/mol. The summed E-state index contributed by atoms with van der Waals surface area (Å²) in [6.07, 6.45) is -1.00. The van der Waals surface area contributed by atoms with Crippen LogP contribution in [-0.2, 0) is 16.2 Å². The molecule has 0 spiro atoms. The summed E-state index contributed by atoms with van der Waals surface area (Å²) in [6, 6.07) is 24.5. The van der Waals surface area contributed by atoms with Crippen LogP contribution in [0.2, 0.25) is 0 Å². The van der Waals surface area contributed by atoms with E-state index >= 15 is 13.2 Å². The third kappa shape index (κ3) is 9.49. The molecule has 0 bridgehead atoms. The van der Waals surface area contributed by atoms with Gasteiger partial charge in [-0.1, -0.05) is 103 Å². The summed E-state index contributed by atoms with van der Waals surface area (Å²) in [4.78, 5) is 0. The fourth-order valence-corrected chi connectivity index (χ4v) is 8.70. The lowest BCUT2D eigenvalue weighted by Gasteiger charge is -2.36. The quantitative estimate of drug-likeness (QED) is 0.0602. The van der Waals surface area contributed by atoms with Crippen molar-refractivity contribution in [1.29, 1.82) is 0 Å². The zero-order chi connectivity index (χ0) is 42.2. The number of unbranched alkanes of at least 4 members (excludes halogenated alkanes) is 4. The van der Waals surface area contributed by atoms with Crippen molar-refractivity contribution in [3.8, 4) is 22.3 Å². The third-order valence-corrected chi connectivity index (χ3v) is 12.6. The second-order valence-corrected chi connectivity index (χ2v) is 19.4. The first-order valence-corrected chi connectivity index (χ1v) is 20.5. The average molecular weight is 795 g/mol. The van der Waals surface area contributed by atoms with E-state index in [-0.39, 0.29) is 16.7 Å². The van der Waals surface area contributed by atoms with Crippen LogP contribution in [0, 0.1) is 6.92 Å². The molecule has 57 heavy (non-hydrogen) atoms. The molecule has 1 aliphatic rings. The van der Waals surface area contributed by atoms with Crippen molar-refractivity contribution < 1.29 is 35.3 Å². The van der Waals surface area contributed by atoms with Gasteiger partial charge in [-0.3, -0.25) is 0 Å². The Morgan fingerprint density at radius 1 is 0.474 bits per heavy atom. The van der Waals surface area contributed by atoms with Crippen molar-refractivity contribution in [2.24, 2.45) is 0 Å². The van der Waals surface area contributed by atoms with Gasteiger partial charge in [-0.2, -0.15) is 26.3 Å². The Morgan fingerprint density at radius 3 is 1.33 bits per heavy atom. The number of hydrogen-bond acceptors (Lipinski definition) is 0. The number of rotatable bonds is 16. The molecule has 2 nitrogen and oxygen atoms in total. The van der Waals surface area contributed by atoms with Gasteiger partial charge in [-0.05, 0) is 116 Å². The minimum absolute atomic E-state index is 0.117. The Morgan fingerprint density at radius 2 is 0.895 bits per heavy atom. The summed E-state index contributed by atoms with van der Waals surface area (Å²) in [5.74, 6) is 0. The summed E-state index contributed by atoms with van der Waals surface area (Å²) in [6.45, 7) is 7.79. The van der Waals surface area contributed by atoms with Crippen LogP contribution in [0.15, 0.2) is 84.9 Å². The van der Waals surface area contributed by atoms with Crippen molar-refractivity contribution in [2.75, 3.05) is 55.4 Å². The number of quaternary nitrogens is 2. The van der Waals surface area contributed by atoms with Crippen molar-refractivity contribution in [1.82, 2.24) is 0 Å². The van der Waals surface area contributed by atoms with E-state index in [1.54, 1.807) is 30.3 Å². The molecule has 0 amide bonds. The van der Waals surface area contributed by atoms with Crippen LogP contribution in [0.3, 0.4) is 0 Å². The maximum atomic E-state index is 15.7. The zero-order valence-electron chi connectivity index (χ0n) is 35.8. The second kappa shape index (κ2) is 16.2. The second-order valence-electron chi connectivity index (χ2n) is 19.4. The Kier molecular flexibility index (Phi) is 12.6. The minimum atomic E-state index is -4.62. The Balaban J connectivity index is 1.56. The molecule has 4 aromatic carbocycles. The largest absolute Gasteiger partial charge is 0.402 e. The molecular formula is C49H64F6N2+2. The lowest BCUT2D eigenvalue weighted by molar-refractivity contribution is -0.870. The van der Waals surface area contributed by atoms with Gasteiger partial charge in [0.05, 0.1) is 60.8 Å². The van der Waals surface area contributed by atoms with E-state index in [1.165, 1.54) is 36.8 Å². The van der Waals surface area contributed by atoms with E-state index in [1.807, 2.05) is 12.1 Å². The minimum Gasteiger partial charge on any atom is -0.331 e. The Bertz CT molecular complexity index is 1950. The number of hydrogen-bond donors (Lipinski definition) is 0. The summed E-state index contributed by atoms with van der Waals surface area (Å²) in [5.41, 5.74) is 2.54. The number of halogens is 6. The summed E-state index contributed by atoms with van der Waals surface area (Å²) >= 11 is 0. The van der Waals surface area contributed by atoms with Crippen LogP contribution >= 0.6 is 0 Å². The predicted molar refractivity (Wildman–Crippen MR) is 224 cm³/mol. The van der Waals surface area contributed by atoms with Gasteiger partial charge >= 0.3 is 12.4 Å². The lowest BCUT2D eigenvalue weighted by atomic mass is 9.68. The molecule has 0 fully saturated rings. The Labute approximate surface area is 338 Å². The van der Waals surface area contributed by atoms with Crippen molar-refractivity contribution in [3.63, 3.8) is 0 Å². The summed E-state index contributed by atoms with van der Waals surface area (Å²) < 4.78 is 89.9. The first kappa shape index (κ1) is 44.5. The number of benzene rings is 4. The number of fused-ring (bicyclic) bond motifs is 3. The van der Waals surface area contributed by atoms with E-state index in [2.05, 4.69) is 67.4 Å². The Hall–Kier alpha value is -3.62. The van der Waals surface area contributed by atoms with E-state index in [0.29, 0.717) is 11.1 Å². The van der Waals surface area contributed by atoms with E-state index in [0.717, 1.165) is 110 Å². The molecule has 0 heterocycles. The third-order valence-electron chi connectivity index (χ3n) is 12.6. The fourth-order valence-electron chi connectivity index (χ4n) is 8.70. The van der Waals surface area contributed by atoms with Gasteiger partial charge in [-0.15, -0.1) is 0 Å². The predicted octanol–water partition coefficient (Wildman–Crippen LogP) is 13.2. The van der Waals surface area contributed by atoms with Crippen LogP contribution in [0.25, 0.3) is 22.3 Å². The van der Waals surface area contributed by atoms with Crippen LogP contribution in [0.4, 0.5) is 26.3 Å². The smallest absolute Gasteiger partial charge is 0.331 e. The molecule has 0 saturated carbocycles. The van der Waals surface area contributed by atoms with Gasteiger partial charge in [0.15, 0.2) is 0 Å².